The zero-order valence-electron chi connectivity index (χ0n) is 18.6. The van der Waals surface area contributed by atoms with Crippen LogP contribution in [0.2, 0.25) is 0 Å². The standard InChI is InChI=1S/C26H31N3O2/c1-4-17-16-27-24-13-10-20(14-23(17)24)18-6-8-19(9-7-18)26(31)29(3)22-12-11-21(15-22)28-25(30)5-2/h6-10,13-14,16,21-22,27H,4-5,11-12,15H2,1-3H3,(H,28,30)/t21-,22+/m0/s1. The summed E-state index contributed by atoms with van der Waals surface area (Å²) in [6, 6.07) is 14.7. The Morgan fingerprint density at radius 2 is 1.81 bits per heavy atom. The summed E-state index contributed by atoms with van der Waals surface area (Å²) in [7, 11) is 1.87. The van der Waals surface area contributed by atoms with Crippen LogP contribution in [0.1, 0.15) is 55.5 Å². The van der Waals surface area contributed by atoms with Crippen LogP contribution in [0.5, 0.6) is 0 Å². The van der Waals surface area contributed by atoms with Gasteiger partial charge in [-0.25, -0.2) is 0 Å². The molecule has 1 heterocycles. The first-order valence-electron chi connectivity index (χ1n) is 11.3. The SMILES string of the molecule is CCC(=O)N[C@H]1CC[C@@H](N(C)C(=O)c2ccc(-c3ccc4[nH]cc(CC)c4c3)cc2)C1. The Labute approximate surface area is 183 Å². The molecule has 0 unspecified atom stereocenters. The van der Waals surface area contributed by atoms with Gasteiger partial charge in [-0.05, 0) is 66.6 Å². The highest BCUT2D eigenvalue weighted by molar-refractivity contribution is 5.95. The van der Waals surface area contributed by atoms with Crippen molar-refractivity contribution < 1.29 is 9.59 Å². The Kier molecular flexibility index (Phi) is 6.12. The molecule has 0 aliphatic heterocycles. The molecule has 1 saturated carbocycles. The Hall–Kier alpha value is -3.08. The van der Waals surface area contributed by atoms with Gasteiger partial charge in [-0.1, -0.05) is 32.0 Å². The number of carbonyl (C=O) groups excluding carboxylic acids is 2. The number of hydrogen-bond donors (Lipinski definition) is 2. The van der Waals surface area contributed by atoms with Crippen molar-refractivity contribution in [2.45, 2.75) is 58.0 Å². The topological polar surface area (TPSA) is 65.2 Å². The van der Waals surface area contributed by atoms with E-state index in [1.807, 2.05) is 43.1 Å². The summed E-state index contributed by atoms with van der Waals surface area (Å²) in [5.41, 5.74) is 5.42. The van der Waals surface area contributed by atoms with E-state index >= 15 is 0 Å². The lowest BCUT2D eigenvalue weighted by atomic mass is 10.0. The van der Waals surface area contributed by atoms with E-state index in [0.717, 1.165) is 42.3 Å². The number of aromatic nitrogens is 1. The normalized spacial score (nSPS) is 18.3. The molecule has 5 heteroatoms. The van der Waals surface area contributed by atoms with Crippen molar-refractivity contribution in [1.29, 1.82) is 0 Å². The van der Waals surface area contributed by atoms with Gasteiger partial charge in [0.2, 0.25) is 5.91 Å². The van der Waals surface area contributed by atoms with Crippen LogP contribution in [-0.4, -0.2) is 40.8 Å². The van der Waals surface area contributed by atoms with E-state index in [2.05, 4.69) is 41.6 Å². The van der Waals surface area contributed by atoms with Gasteiger partial charge in [0, 0.05) is 48.2 Å². The highest BCUT2D eigenvalue weighted by Crippen LogP contribution is 2.28. The van der Waals surface area contributed by atoms with Gasteiger partial charge in [0.15, 0.2) is 0 Å². The zero-order valence-corrected chi connectivity index (χ0v) is 18.6. The van der Waals surface area contributed by atoms with E-state index in [-0.39, 0.29) is 23.9 Å². The first-order valence-corrected chi connectivity index (χ1v) is 11.3. The van der Waals surface area contributed by atoms with Crippen LogP contribution in [0.25, 0.3) is 22.0 Å². The minimum Gasteiger partial charge on any atom is -0.361 e. The molecule has 1 aliphatic carbocycles. The summed E-state index contributed by atoms with van der Waals surface area (Å²) < 4.78 is 0. The van der Waals surface area contributed by atoms with Crippen LogP contribution in [0.3, 0.4) is 0 Å². The van der Waals surface area contributed by atoms with E-state index in [9.17, 15) is 9.59 Å². The molecule has 2 atom stereocenters. The predicted molar refractivity (Wildman–Crippen MR) is 125 cm³/mol. The number of H-pyrrole nitrogens is 1. The van der Waals surface area contributed by atoms with Crippen molar-refractivity contribution >= 4 is 22.7 Å². The third-order valence-electron chi connectivity index (χ3n) is 6.57. The summed E-state index contributed by atoms with van der Waals surface area (Å²) >= 11 is 0. The van der Waals surface area contributed by atoms with E-state index in [1.54, 1.807) is 0 Å². The van der Waals surface area contributed by atoms with Gasteiger partial charge in [0.1, 0.15) is 0 Å². The first kappa shape index (κ1) is 21.2. The average Bonchev–Trinajstić information content (AvgIpc) is 3.44. The molecular weight excluding hydrogens is 386 g/mol. The molecule has 4 rings (SSSR count). The number of rotatable bonds is 6. The van der Waals surface area contributed by atoms with Crippen LogP contribution in [-0.2, 0) is 11.2 Å². The van der Waals surface area contributed by atoms with Crippen molar-refractivity contribution in [3.05, 3.63) is 59.8 Å². The maximum Gasteiger partial charge on any atom is 0.253 e. The quantitative estimate of drug-likeness (QED) is 0.598. The number of fused-ring (bicyclic) bond motifs is 1. The Morgan fingerprint density at radius 1 is 1.06 bits per heavy atom. The Morgan fingerprint density at radius 3 is 2.52 bits per heavy atom. The highest BCUT2D eigenvalue weighted by atomic mass is 16.2. The molecule has 1 aliphatic rings. The number of benzene rings is 2. The molecule has 0 saturated heterocycles. The number of nitrogens with one attached hydrogen (secondary N) is 2. The predicted octanol–water partition coefficient (Wildman–Crippen LogP) is 4.92. The number of hydrogen-bond acceptors (Lipinski definition) is 2. The van der Waals surface area contributed by atoms with Gasteiger partial charge in [-0.2, -0.15) is 0 Å². The third-order valence-corrected chi connectivity index (χ3v) is 6.57. The summed E-state index contributed by atoms with van der Waals surface area (Å²) in [4.78, 5) is 29.8. The van der Waals surface area contributed by atoms with Gasteiger partial charge < -0.3 is 15.2 Å². The zero-order chi connectivity index (χ0) is 22.0. The molecule has 0 radical (unpaired) electrons. The van der Waals surface area contributed by atoms with Gasteiger partial charge in [-0.3, -0.25) is 9.59 Å². The Balaban J connectivity index is 1.45. The first-order chi connectivity index (χ1) is 15.0. The highest BCUT2D eigenvalue weighted by Gasteiger charge is 2.30. The molecule has 2 N–H and O–H groups in total. The monoisotopic (exact) mass is 417 g/mol. The van der Waals surface area contributed by atoms with Gasteiger partial charge >= 0.3 is 0 Å². The van der Waals surface area contributed by atoms with E-state index in [1.165, 1.54) is 10.9 Å². The second kappa shape index (κ2) is 8.96. The average molecular weight is 418 g/mol. The van der Waals surface area contributed by atoms with E-state index in [0.29, 0.717) is 12.0 Å². The summed E-state index contributed by atoms with van der Waals surface area (Å²) in [6.07, 6.45) is 6.24. The lowest BCUT2D eigenvalue weighted by Gasteiger charge is -2.25. The number of amides is 2. The third kappa shape index (κ3) is 4.36. The van der Waals surface area contributed by atoms with Crippen molar-refractivity contribution in [1.82, 2.24) is 15.2 Å². The van der Waals surface area contributed by atoms with Crippen LogP contribution in [0.4, 0.5) is 0 Å². The molecule has 0 bridgehead atoms. The van der Waals surface area contributed by atoms with Crippen LogP contribution < -0.4 is 5.32 Å². The smallest absolute Gasteiger partial charge is 0.253 e. The van der Waals surface area contributed by atoms with Gasteiger partial charge in [-0.15, -0.1) is 0 Å². The molecule has 3 aromatic rings. The fourth-order valence-corrected chi connectivity index (χ4v) is 4.60. The maximum absolute atomic E-state index is 13.0. The summed E-state index contributed by atoms with van der Waals surface area (Å²) in [5, 5.41) is 4.31. The maximum atomic E-state index is 13.0. The van der Waals surface area contributed by atoms with Gasteiger partial charge in [0.05, 0.1) is 0 Å². The molecule has 162 valence electrons. The van der Waals surface area contributed by atoms with Crippen molar-refractivity contribution in [3.8, 4) is 11.1 Å². The number of carbonyl (C=O) groups is 2. The van der Waals surface area contributed by atoms with Crippen molar-refractivity contribution in [2.75, 3.05) is 7.05 Å². The molecule has 1 aromatic heterocycles. The number of aromatic amines is 1. The molecule has 2 amide bonds. The fourth-order valence-electron chi connectivity index (χ4n) is 4.60. The van der Waals surface area contributed by atoms with Crippen LogP contribution >= 0.6 is 0 Å². The van der Waals surface area contributed by atoms with Crippen molar-refractivity contribution in [3.63, 3.8) is 0 Å². The van der Waals surface area contributed by atoms with E-state index < -0.39 is 0 Å². The summed E-state index contributed by atoms with van der Waals surface area (Å²) in [5.74, 6) is 0.118. The lowest BCUT2D eigenvalue weighted by molar-refractivity contribution is -0.121. The fraction of sp³-hybridized carbons (Fsp3) is 0.385. The number of nitrogens with zero attached hydrogens (tertiary/aromatic N) is 1. The van der Waals surface area contributed by atoms with Crippen LogP contribution in [0.15, 0.2) is 48.7 Å². The molecule has 31 heavy (non-hydrogen) atoms. The van der Waals surface area contributed by atoms with E-state index in [4.69, 9.17) is 0 Å². The summed E-state index contributed by atoms with van der Waals surface area (Å²) in [6.45, 7) is 4.02. The molecule has 2 aromatic carbocycles. The minimum atomic E-state index is 0.0355. The molecule has 5 nitrogen and oxygen atoms in total. The second-order valence-corrected chi connectivity index (χ2v) is 8.51. The second-order valence-electron chi connectivity index (χ2n) is 8.51. The minimum absolute atomic E-state index is 0.0355. The van der Waals surface area contributed by atoms with Crippen molar-refractivity contribution in [2.24, 2.45) is 0 Å². The number of aryl methyl sites for hydroxylation is 1. The lowest BCUT2D eigenvalue weighted by Crippen LogP contribution is -2.38. The molecule has 1 fully saturated rings. The van der Waals surface area contributed by atoms with Gasteiger partial charge in [0.25, 0.3) is 5.91 Å². The Bertz CT molecular complexity index is 1080. The largest absolute Gasteiger partial charge is 0.361 e. The molecule has 0 spiro atoms. The molecular formula is C26H31N3O2. The van der Waals surface area contributed by atoms with Crippen LogP contribution in [0, 0.1) is 0 Å².